The third-order valence-electron chi connectivity index (χ3n) is 3.60. The summed E-state index contributed by atoms with van der Waals surface area (Å²) in [6.45, 7) is -0.296. The second-order valence-electron chi connectivity index (χ2n) is 5.63. The van der Waals surface area contributed by atoms with Crippen molar-refractivity contribution in [2.24, 2.45) is 0 Å². The standard InChI is InChI=1S/C19H20ClF3O3/c20-12-16(24)13-26-18-8-4-15(5-9-18)19(22,23)14-2-6-17(7-3-14)25-11-1-10-21/h2-9,16,24H,1,10-13H2/t16-/m1/s1. The molecule has 3 nitrogen and oxygen atoms in total. The highest BCUT2D eigenvalue weighted by atomic mass is 35.5. The number of benzene rings is 2. The number of aliphatic hydroxyl groups is 1. The first kappa shape index (κ1) is 20.4. The first-order chi connectivity index (χ1) is 12.5. The smallest absolute Gasteiger partial charge is 0.298 e. The first-order valence-electron chi connectivity index (χ1n) is 8.12. The fourth-order valence-electron chi connectivity index (χ4n) is 2.17. The predicted molar refractivity (Wildman–Crippen MR) is 94.2 cm³/mol. The van der Waals surface area contributed by atoms with Crippen LogP contribution in [0.25, 0.3) is 0 Å². The summed E-state index contributed by atoms with van der Waals surface area (Å²) in [4.78, 5) is 0. The predicted octanol–water partition coefficient (Wildman–Crippen LogP) is 4.54. The highest BCUT2D eigenvalue weighted by Gasteiger charge is 2.33. The molecule has 0 radical (unpaired) electrons. The Bertz CT molecular complexity index is 663. The zero-order chi connectivity index (χ0) is 19.0. The van der Waals surface area contributed by atoms with Crippen molar-refractivity contribution >= 4 is 11.6 Å². The van der Waals surface area contributed by atoms with Crippen LogP contribution in [0.3, 0.4) is 0 Å². The summed E-state index contributed by atoms with van der Waals surface area (Å²) in [5.74, 6) is -2.38. The average Bonchev–Trinajstić information content (AvgIpc) is 2.67. The van der Waals surface area contributed by atoms with Gasteiger partial charge in [0.25, 0.3) is 5.92 Å². The van der Waals surface area contributed by atoms with E-state index in [1.807, 2.05) is 0 Å². The van der Waals surface area contributed by atoms with Crippen LogP contribution in [0.2, 0.25) is 0 Å². The molecule has 142 valence electrons. The third kappa shape index (κ3) is 5.54. The van der Waals surface area contributed by atoms with Crippen molar-refractivity contribution in [3.63, 3.8) is 0 Å². The molecule has 1 N–H and O–H groups in total. The van der Waals surface area contributed by atoms with E-state index in [2.05, 4.69) is 0 Å². The molecule has 0 aliphatic rings. The van der Waals surface area contributed by atoms with Gasteiger partial charge in [-0.05, 0) is 48.5 Å². The maximum atomic E-state index is 14.6. The van der Waals surface area contributed by atoms with Crippen LogP contribution >= 0.6 is 11.6 Å². The van der Waals surface area contributed by atoms with Gasteiger partial charge in [0.2, 0.25) is 0 Å². The fourth-order valence-corrected chi connectivity index (χ4v) is 2.26. The van der Waals surface area contributed by atoms with Crippen molar-refractivity contribution in [3.05, 3.63) is 59.7 Å². The van der Waals surface area contributed by atoms with Crippen molar-refractivity contribution < 1.29 is 27.8 Å². The van der Waals surface area contributed by atoms with Gasteiger partial charge in [-0.15, -0.1) is 11.6 Å². The van der Waals surface area contributed by atoms with E-state index in [1.54, 1.807) is 0 Å². The van der Waals surface area contributed by atoms with Crippen LogP contribution in [0.15, 0.2) is 48.5 Å². The van der Waals surface area contributed by atoms with Gasteiger partial charge >= 0.3 is 0 Å². The Hall–Kier alpha value is -1.92. The molecule has 0 heterocycles. The molecule has 0 amide bonds. The van der Waals surface area contributed by atoms with E-state index in [-0.39, 0.29) is 36.6 Å². The monoisotopic (exact) mass is 388 g/mol. The van der Waals surface area contributed by atoms with Crippen LogP contribution in [-0.2, 0) is 5.92 Å². The normalized spacial score (nSPS) is 12.7. The Balaban J connectivity index is 2.04. The van der Waals surface area contributed by atoms with Crippen molar-refractivity contribution in [2.75, 3.05) is 25.8 Å². The highest BCUT2D eigenvalue weighted by Crippen LogP contribution is 2.37. The van der Waals surface area contributed by atoms with Crippen molar-refractivity contribution in [1.82, 2.24) is 0 Å². The van der Waals surface area contributed by atoms with E-state index in [4.69, 9.17) is 21.1 Å². The molecule has 7 heteroatoms. The van der Waals surface area contributed by atoms with Gasteiger partial charge in [-0.2, -0.15) is 8.78 Å². The summed E-state index contributed by atoms with van der Waals surface area (Å²) in [6.07, 6.45) is -0.558. The van der Waals surface area contributed by atoms with Crippen molar-refractivity contribution in [2.45, 2.75) is 18.4 Å². The summed E-state index contributed by atoms with van der Waals surface area (Å²) in [5.41, 5.74) is -0.365. The van der Waals surface area contributed by atoms with Gasteiger partial charge in [0, 0.05) is 17.5 Å². The van der Waals surface area contributed by atoms with Gasteiger partial charge in [0.15, 0.2) is 0 Å². The second kappa shape index (κ2) is 9.69. The molecule has 0 fully saturated rings. The van der Waals surface area contributed by atoms with Gasteiger partial charge in [0.1, 0.15) is 24.2 Å². The lowest BCUT2D eigenvalue weighted by atomic mass is 10.0. The number of alkyl halides is 4. The zero-order valence-corrected chi connectivity index (χ0v) is 14.8. The van der Waals surface area contributed by atoms with Crippen LogP contribution in [0, 0.1) is 0 Å². The Morgan fingerprint density at radius 2 is 1.42 bits per heavy atom. The number of hydrogen-bond acceptors (Lipinski definition) is 3. The van der Waals surface area contributed by atoms with Crippen molar-refractivity contribution in [1.29, 1.82) is 0 Å². The molecule has 26 heavy (non-hydrogen) atoms. The molecule has 2 aromatic rings. The number of aliphatic hydroxyl groups excluding tert-OH is 1. The van der Waals surface area contributed by atoms with Crippen LogP contribution in [-0.4, -0.2) is 37.0 Å². The zero-order valence-electron chi connectivity index (χ0n) is 14.0. The second-order valence-corrected chi connectivity index (χ2v) is 5.94. The molecule has 0 aliphatic heterocycles. The quantitative estimate of drug-likeness (QED) is 0.479. The van der Waals surface area contributed by atoms with Crippen LogP contribution in [0.4, 0.5) is 13.2 Å². The van der Waals surface area contributed by atoms with E-state index in [9.17, 15) is 18.3 Å². The molecular weight excluding hydrogens is 369 g/mol. The molecule has 1 atom stereocenters. The Morgan fingerprint density at radius 3 is 1.88 bits per heavy atom. The van der Waals surface area contributed by atoms with E-state index < -0.39 is 18.7 Å². The van der Waals surface area contributed by atoms with Gasteiger partial charge in [0.05, 0.1) is 19.2 Å². The topological polar surface area (TPSA) is 38.7 Å². The van der Waals surface area contributed by atoms with E-state index in [0.717, 1.165) is 0 Å². The van der Waals surface area contributed by atoms with E-state index in [0.29, 0.717) is 11.5 Å². The lowest BCUT2D eigenvalue weighted by Crippen LogP contribution is -2.19. The molecule has 0 bridgehead atoms. The van der Waals surface area contributed by atoms with Crippen LogP contribution in [0.5, 0.6) is 11.5 Å². The van der Waals surface area contributed by atoms with Gasteiger partial charge in [-0.3, -0.25) is 4.39 Å². The van der Waals surface area contributed by atoms with E-state index >= 15 is 0 Å². The third-order valence-corrected chi connectivity index (χ3v) is 3.96. The maximum absolute atomic E-state index is 14.6. The number of halogens is 4. The Kier molecular flexibility index (Phi) is 7.60. The summed E-state index contributed by atoms with van der Waals surface area (Å²) >= 11 is 5.46. The van der Waals surface area contributed by atoms with Gasteiger partial charge in [-0.1, -0.05) is 0 Å². The molecule has 0 aliphatic carbocycles. The first-order valence-corrected chi connectivity index (χ1v) is 8.65. The fraction of sp³-hybridized carbons (Fsp3) is 0.368. The minimum absolute atomic E-state index is 0.0108. The summed E-state index contributed by atoms with van der Waals surface area (Å²) in [5, 5.41) is 9.34. The average molecular weight is 389 g/mol. The Morgan fingerprint density at radius 1 is 0.923 bits per heavy atom. The molecule has 2 aromatic carbocycles. The number of rotatable bonds is 10. The SMILES string of the molecule is O[C@H](CCl)COc1ccc(C(F)(F)c2ccc(OCCCF)cc2)cc1. The van der Waals surface area contributed by atoms with Crippen LogP contribution in [0.1, 0.15) is 17.5 Å². The van der Waals surface area contributed by atoms with Gasteiger partial charge < -0.3 is 14.6 Å². The van der Waals surface area contributed by atoms with E-state index in [1.165, 1.54) is 48.5 Å². The molecule has 2 rings (SSSR count). The molecule has 0 saturated heterocycles. The highest BCUT2D eigenvalue weighted by molar-refractivity contribution is 6.18. The number of ether oxygens (including phenoxy) is 2. The molecule has 0 unspecified atom stereocenters. The van der Waals surface area contributed by atoms with Crippen LogP contribution < -0.4 is 9.47 Å². The minimum Gasteiger partial charge on any atom is -0.494 e. The van der Waals surface area contributed by atoms with Crippen molar-refractivity contribution in [3.8, 4) is 11.5 Å². The molecule has 0 aromatic heterocycles. The molecular formula is C19H20ClF3O3. The summed E-state index contributed by atoms with van der Waals surface area (Å²) in [7, 11) is 0. The largest absolute Gasteiger partial charge is 0.494 e. The number of hydrogen-bond donors (Lipinski definition) is 1. The Labute approximate surface area is 155 Å². The summed E-state index contributed by atoms with van der Waals surface area (Å²) < 4.78 is 51.8. The molecule has 0 saturated carbocycles. The van der Waals surface area contributed by atoms with Gasteiger partial charge in [-0.25, -0.2) is 0 Å². The lowest BCUT2D eigenvalue weighted by molar-refractivity contribution is 0.0427. The summed E-state index contributed by atoms with van der Waals surface area (Å²) in [6, 6.07) is 10.8. The minimum atomic E-state index is -3.19. The maximum Gasteiger partial charge on any atom is 0.298 e. The lowest BCUT2D eigenvalue weighted by Gasteiger charge is -2.18. The molecule has 0 spiro atoms.